The van der Waals surface area contributed by atoms with Gasteiger partial charge in [0.05, 0.1) is 0 Å². The van der Waals surface area contributed by atoms with Crippen molar-refractivity contribution >= 4 is 5.78 Å². The van der Waals surface area contributed by atoms with Crippen LogP contribution in [0.15, 0.2) is 0 Å². The van der Waals surface area contributed by atoms with Crippen molar-refractivity contribution in [1.82, 2.24) is 0 Å². The van der Waals surface area contributed by atoms with Crippen LogP contribution in [-0.2, 0) is 4.79 Å². The molecule has 0 aromatic heterocycles. The smallest absolute Gasteiger partial charge is 0.266 e. The van der Waals surface area contributed by atoms with Crippen molar-refractivity contribution in [2.75, 3.05) is 0 Å². The van der Waals surface area contributed by atoms with Gasteiger partial charge < -0.3 is 5.11 Å². The first kappa shape index (κ1) is 17.9. The summed E-state index contributed by atoms with van der Waals surface area (Å²) in [6, 6.07) is 0. The second-order valence-electron chi connectivity index (χ2n) is 9.87. The summed E-state index contributed by atoms with van der Waals surface area (Å²) in [5.74, 6) is 3.30. The van der Waals surface area contributed by atoms with Gasteiger partial charge in [-0.1, -0.05) is 6.92 Å². The molecule has 8 atom stereocenters. The van der Waals surface area contributed by atoms with Crippen LogP contribution in [0, 0.1) is 40.9 Å². The van der Waals surface area contributed by atoms with Crippen LogP contribution < -0.4 is 0 Å². The number of rotatable bonds is 2. The molecule has 4 fully saturated rings. The number of fused-ring (bicyclic) bond motifs is 5. The normalized spacial score (nSPS) is 52.4. The summed E-state index contributed by atoms with van der Waals surface area (Å²) >= 11 is 0. The fraction of sp³-hybridized carbons (Fsp3) is 0.952. The number of Topliss-reactive ketones (excluding diaryl/α,β-unsaturated/α-hetero) is 1. The Morgan fingerprint density at radius 3 is 2.40 bits per heavy atom. The van der Waals surface area contributed by atoms with Gasteiger partial charge in [0, 0.05) is 5.92 Å². The summed E-state index contributed by atoms with van der Waals surface area (Å²) in [6.45, 7) is 4.10. The van der Waals surface area contributed by atoms with E-state index >= 15 is 0 Å². The van der Waals surface area contributed by atoms with E-state index in [0.717, 1.165) is 38.5 Å². The van der Waals surface area contributed by atoms with Crippen LogP contribution in [0.3, 0.4) is 0 Å². The number of carbonyl (C=O) groups is 1. The highest BCUT2D eigenvalue weighted by molar-refractivity contribution is 5.79. The molecule has 0 heterocycles. The number of halogens is 2. The minimum atomic E-state index is -2.62. The SMILES string of the molecule is CC(=O)[C@H]1CC[C@H]2[C@@H]3CC[C@H]4C[C@@](O)(C(F)F)CC[C@@H]4[C@H]3CCC12C. The summed E-state index contributed by atoms with van der Waals surface area (Å²) in [7, 11) is 0. The Hall–Kier alpha value is -0.510. The van der Waals surface area contributed by atoms with Gasteiger partial charge in [-0.05, 0) is 99.7 Å². The number of hydrogen-bond acceptors (Lipinski definition) is 2. The van der Waals surface area contributed by atoms with Crippen LogP contribution in [0.2, 0.25) is 0 Å². The third-order valence-electron chi connectivity index (χ3n) is 8.94. The van der Waals surface area contributed by atoms with Crippen LogP contribution in [0.4, 0.5) is 8.78 Å². The van der Waals surface area contributed by atoms with Crippen molar-refractivity contribution in [2.45, 2.75) is 83.7 Å². The fourth-order valence-electron chi connectivity index (χ4n) is 7.78. The molecule has 4 rings (SSSR count). The van der Waals surface area contributed by atoms with Gasteiger partial charge in [0.1, 0.15) is 11.4 Å². The Morgan fingerprint density at radius 2 is 1.72 bits per heavy atom. The molecule has 0 amide bonds. The van der Waals surface area contributed by atoms with E-state index in [1.807, 2.05) is 0 Å². The molecular weight excluding hydrogens is 322 g/mol. The topological polar surface area (TPSA) is 37.3 Å². The van der Waals surface area contributed by atoms with Gasteiger partial charge in [0.25, 0.3) is 6.43 Å². The molecule has 25 heavy (non-hydrogen) atoms. The highest BCUT2D eigenvalue weighted by Crippen LogP contribution is 2.64. The van der Waals surface area contributed by atoms with Crippen molar-refractivity contribution in [3.63, 3.8) is 0 Å². The minimum absolute atomic E-state index is 0.165. The summed E-state index contributed by atoms with van der Waals surface area (Å²) < 4.78 is 26.5. The lowest BCUT2D eigenvalue weighted by Gasteiger charge is -2.57. The average molecular weight is 354 g/mol. The van der Waals surface area contributed by atoms with Gasteiger partial charge in [-0.25, -0.2) is 8.78 Å². The zero-order valence-corrected chi connectivity index (χ0v) is 15.5. The van der Waals surface area contributed by atoms with E-state index in [0.29, 0.717) is 29.5 Å². The quantitative estimate of drug-likeness (QED) is 0.770. The Labute approximate surface area is 149 Å². The highest BCUT2D eigenvalue weighted by Gasteiger charge is 2.59. The molecule has 0 aliphatic heterocycles. The third kappa shape index (κ3) is 2.61. The van der Waals surface area contributed by atoms with Crippen molar-refractivity contribution < 1.29 is 18.7 Å². The molecule has 0 spiro atoms. The van der Waals surface area contributed by atoms with Crippen molar-refractivity contribution in [1.29, 1.82) is 0 Å². The second-order valence-corrected chi connectivity index (χ2v) is 9.87. The Balaban J connectivity index is 1.53. The molecule has 2 nitrogen and oxygen atoms in total. The van der Waals surface area contributed by atoms with E-state index in [1.54, 1.807) is 6.92 Å². The lowest BCUT2D eigenvalue weighted by atomic mass is 9.49. The van der Waals surface area contributed by atoms with Gasteiger partial charge in [-0.3, -0.25) is 4.79 Å². The Bertz CT molecular complexity index is 550. The lowest BCUT2D eigenvalue weighted by molar-refractivity contribution is -0.160. The molecule has 0 aromatic rings. The number of hydrogen-bond donors (Lipinski definition) is 1. The van der Waals surface area contributed by atoms with Gasteiger partial charge in [-0.15, -0.1) is 0 Å². The van der Waals surface area contributed by atoms with E-state index in [1.165, 1.54) is 6.42 Å². The van der Waals surface area contributed by atoms with Crippen LogP contribution in [0.5, 0.6) is 0 Å². The molecule has 1 N–H and O–H groups in total. The Kier molecular flexibility index (Phi) is 4.29. The molecule has 4 aliphatic rings. The van der Waals surface area contributed by atoms with Crippen LogP contribution in [0.25, 0.3) is 0 Å². The van der Waals surface area contributed by atoms with Gasteiger partial charge >= 0.3 is 0 Å². The summed E-state index contributed by atoms with van der Waals surface area (Å²) in [4.78, 5) is 12.1. The first-order valence-corrected chi connectivity index (χ1v) is 10.3. The molecule has 1 unspecified atom stereocenters. The maximum atomic E-state index is 13.3. The fourth-order valence-corrected chi connectivity index (χ4v) is 7.78. The van der Waals surface area contributed by atoms with Gasteiger partial charge in [0.15, 0.2) is 0 Å². The monoisotopic (exact) mass is 354 g/mol. The zero-order chi connectivity index (χ0) is 18.0. The molecule has 4 saturated carbocycles. The summed E-state index contributed by atoms with van der Waals surface area (Å²) in [6.07, 6.45) is 5.25. The predicted molar refractivity (Wildman–Crippen MR) is 92.2 cm³/mol. The molecule has 142 valence electrons. The molecule has 4 heteroatoms. The van der Waals surface area contributed by atoms with Crippen LogP contribution in [-0.4, -0.2) is 22.9 Å². The second kappa shape index (κ2) is 6.00. The number of alkyl halides is 2. The molecular formula is C21H32F2O2. The highest BCUT2D eigenvalue weighted by atomic mass is 19.3. The summed E-state index contributed by atoms with van der Waals surface area (Å²) in [5.41, 5.74) is -1.58. The molecule has 0 aromatic carbocycles. The van der Waals surface area contributed by atoms with Crippen LogP contribution >= 0.6 is 0 Å². The molecule has 0 saturated heterocycles. The number of ketones is 1. The van der Waals surface area contributed by atoms with Gasteiger partial charge in [-0.2, -0.15) is 0 Å². The molecule has 0 bridgehead atoms. The lowest BCUT2D eigenvalue weighted by Crippen LogP contribution is -2.52. The third-order valence-corrected chi connectivity index (χ3v) is 8.94. The maximum absolute atomic E-state index is 13.3. The van der Waals surface area contributed by atoms with E-state index < -0.39 is 12.0 Å². The first-order valence-electron chi connectivity index (χ1n) is 10.3. The standard InChI is InChI=1S/C21H32F2O2/c1-12(24)17-5-6-18-16-4-3-13-11-21(25,19(22)23)10-8-14(13)15(16)7-9-20(17,18)2/h13-19,25H,3-11H2,1-2H3/t13-,14-,15+,16+,17+,18-,20?,21+/m0/s1. The first-order chi connectivity index (χ1) is 11.8. The largest absolute Gasteiger partial charge is 0.384 e. The van der Waals surface area contributed by atoms with Crippen LogP contribution in [0.1, 0.15) is 71.6 Å². The van der Waals surface area contributed by atoms with E-state index in [4.69, 9.17) is 0 Å². The average Bonchev–Trinajstić information content (AvgIpc) is 2.91. The van der Waals surface area contributed by atoms with E-state index in [-0.39, 0.29) is 30.1 Å². The molecule has 4 aliphatic carbocycles. The van der Waals surface area contributed by atoms with E-state index in [9.17, 15) is 18.7 Å². The molecule has 0 radical (unpaired) electrons. The van der Waals surface area contributed by atoms with Gasteiger partial charge in [0.2, 0.25) is 0 Å². The summed E-state index contributed by atoms with van der Waals surface area (Å²) in [5, 5.41) is 10.3. The number of carbonyl (C=O) groups excluding carboxylic acids is 1. The Morgan fingerprint density at radius 1 is 1.00 bits per heavy atom. The van der Waals surface area contributed by atoms with E-state index in [2.05, 4.69) is 6.92 Å². The van der Waals surface area contributed by atoms with Crippen molar-refractivity contribution in [2.24, 2.45) is 40.9 Å². The van der Waals surface area contributed by atoms with Crippen molar-refractivity contribution in [3.8, 4) is 0 Å². The minimum Gasteiger partial charge on any atom is -0.384 e. The predicted octanol–water partition coefficient (Wildman–Crippen LogP) is 4.84. The van der Waals surface area contributed by atoms with Crippen molar-refractivity contribution in [3.05, 3.63) is 0 Å². The zero-order valence-electron chi connectivity index (χ0n) is 15.5. The number of aliphatic hydroxyl groups is 1. The maximum Gasteiger partial charge on any atom is 0.266 e.